The van der Waals surface area contributed by atoms with Gasteiger partial charge in [-0.25, -0.2) is 0 Å². The van der Waals surface area contributed by atoms with Gasteiger partial charge >= 0.3 is 23.9 Å². The van der Waals surface area contributed by atoms with Crippen LogP contribution in [0.4, 0.5) is 0 Å². The first-order chi connectivity index (χ1) is 22.0. The number of ether oxygens (including phenoxy) is 5. The molecular formula is C34H34N2O9S. The molecule has 46 heavy (non-hydrogen) atoms. The second kappa shape index (κ2) is 13.8. The highest BCUT2D eigenvalue weighted by Crippen LogP contribution is 2.42. The van der Waals surface area contributed by atoms with Crippen molar-refractivity contribution in [2.45, 2.75) is 84.0 Å². The van der Waals surface area contributed by atoms with E-state index in [0.717, 1.165) is 46.0 Å². The zero-order valence-electron chi connectivity index (χ0n) is 25.9. The summed E-state index contributed by atoms with van der Waals surface area (Å²) in [5, 5.41) is 12.6. The van der Waals surface area contributed by atoms with Crippen LogP contribution < -0.4 is 0 Å². The molecule has 11 nitrogen and oxygen atoms in total. The minimum atomic E-state index is -1.37. The van der Waals surface area contributed by atoms with E-state index < -0.39 is 54.5 Å². The van der Waals surface area contributed by atoms with Crippen LogP contribution in [0.3, 0.4) is 0 Å². The molecule has 0 bridgehead atoms. The molecule has 5 atom stereocenters. The Bertz CT molecular complexity index is 1810. The summed E-state index contributed by atoms with van der Waals surface area (Å²) in [5.74, 6) is -2.79. The van der Waals surface area contributed by atoms with E-state index in [9.17, 15) is 24.4 Å². The van der Waals surface area contributed by atoms with E-state index >= 15 is 0 Å². The van der Waals surface area contributed by atoms with Gasteiger partial charge in [-0.1, -0.05) is 54.7 Å². The second-order valence-electron chi connectivity index (χ2n) is 11.3. The molecule has 1 fully saturated rings. The van der Waals surface area contributed by atoms with Gasteiger partial charge in [0.05, 0.1) is 5.56 Å². The lowest BCUT2D eigenvalue weighted by molar-refractivity contribution is -0.269. The van der Waals surface area contributed by atoms with Gasteiger partial charge in [0.2, 0.25) is 0 Å². The van der Waals surface area contributed by atoms with Crippen molar-refractivity contribution < 1.29 is 42.9 Å². The van der Waals surface area contributed by atoms with Crippen LogP contribution in [-0.2, 0) is 55.7 Å². The number of fused-ring (bicyclic) bond motifs is 2. The first-order valence-electron chi connectivity index (χ1n) is 15.0. The number of carbonyl (C=O) groups excluding carboxylic acids is 4. The summed E-state index contributed by atoms with van der Waals surface area (Å²) in [6.45, 7) is 4.36. The molecule has 5 rings (SSSR count). The summed E-state index contributed by atoms with van der Waals surface area (Å²) in [7, 11) is 0. The van der Waals surface area contributed by atoms with Crippen molar-refractivity contribution in [1.82, 2.24) is 4.57 Å². The van der Waals surface area contributed by atoms with Crippen LogP contribution in [-0.4, -0.2) is 59.5 Å². The Morgan fingerprint density at radius 1 is 0.870 bits per heavy atom. The number of benzene rings is 2. The monoisotopic (exact) mass is 646 g/mol. The van der Waals surface area contributed by atoms with E-state index in [4.69, 9.17) is 35.9 Å². The predicted octanol–water partition coefficient (Wildman–Crippen LogP) is 5.04. The van der Waals surface area contributed by atoms with Crippen LogP contribution in [0.25, 0.3) is 21.9 Å². The molecule has 1 aliphatic carbocycles. The first kappa shape index (κ1) is 32.8. The third-order valence-corrected chi connectivity index (χ3v) is 8.51. The molecule has 1 saturated heterocycles. The van der Waals surface area contributed by atoms with Crippen LogP contribution >= 0.6 is 12.2 Å². The Hall–Kier alpha value is -4.60. The number of carbonyl (C=O) groups is 4. The van der Waals surface area contributed by atoms with Crippen molar-refractivity contribution in [2.24, 2.45) is 0 Å². The third-order valence-electron chi connectivity index (χ3n) is 8.11. The lowest BCUT2D eigenvalue weighted by Gasteiger charge is -2.46. The molecule has 0 amide bonds. The van der Waals surface area contributed by atoms with E-state index in [2.05, 4.69) is 6.07 Å². The summed E-state index contributed by atoms with van der Waals surface area (Å²) in [6.07, 6.45) is -3.54. The van der Waals surface area contributed by atoms with Gasteiger partial charge in [-0.15, -0.1) is 0 Å². The van der Waals surface area contributed by atoms with Gasteiger partial charge in [0, 0.05) is 39.0 Å². The molecular weight excluding hydrogens is 612 g/mol. The van der Waals surface area contributed by atoms with Crippen molar-refractivity contribution in [3.8, 4) is 17.2 Å². The van der Waals surface area contributed by atoms with Crippen LogP contribution in [0.15, 0.2) is 42.5 Å². The van der Waals surface area contributed by atoms with E-state index in [0.29, 0.717) is 12.8 Å². The second-order valence-corrected chi connectivity index (χ2v) is 11.7. The van der Waals surface area contributed by atoms with E-state index in [1.54, 1.807) is 4.57 Å². The maximum atomic E-state index is 12.5. The summed E-state index contributed by atoms with van der Waals surface area (Å²) in [4.78, 5) is 49.0. The Kier molecular flexibility index (Phi) is 9.84. The topological polar surface area (TPSA) is 143 Å². The SMILES string of the molecule is CC(=O)OC[C@H]1O[C@@H](n2c3c(c(-c4cccc5ccccc45)c(C#N)c2=S)CCCC3)[C@@H](OC(C)=O)[C@@H](OC(C)=O)[C@H]1OC(C)=O. The summed E-state index contributed by atoms with van der Waals surface area (Å²) in [5.41, 5.74) is 3.52. The average Bonchev–Trinajstić information content (AvgIpc) is 3.01. The smallest absolute Gasteiger partial charge is 0.303 e. The molecule has 0 unspecified atom stereocenters. The van der Waals surface area contributed by atoms with Gasteiger partial charge in [0.1, 0.15) is 23.4 Å². The summed E-state index contributed by atoms with van der Waals surface area (Å²) in [6, 6.07) is 16.2. The highest BCUT2D eigenvalue weighted by Gasteiger charge is 2.53. The molecule has 0 radical (unpaired) electrons. The van der Waals surface area contributed by atoms with Crippen LogP contribution in [0, 0.1) is 16.0 Å². The average molecular weight is 647 g/mol. The van der Waals surface area contributed by atoms with Gasteiger partial charge in [0.25, 0.3) is 0 Å². The number of pyridine rings is 1. The van der Waals surface area contributed by atoms with Gasteiger partial charge in [-0.2, -0.15) is 5.26 Å². The largest absolute Gasteiger partial charge is 0.463 e. The molecule has 2 heterocycles. The Morgan fingerprint density at radius 3 is 2.17 bits per heavy atom. The molecule has 2 aromatic carbocycles. The quantitative estimate of drug-likeness (QED) is 0.193. The summed E-state index contributed by atoms with van der Waals surface area (Å²) < 4.78 is 30.5. The zero-order valence-corrected chi connectivity index (χ0v) is 26.8. The van der Waals surface area contributed by atoms with Crippen LogP contribution in [0.1, 0.15) is 63.6 Å². The van der Waals surface area contributed by atoms with E-state index in [-0.39, 0.29) is 16.8 Å². The maximum Gasteiger partial charge on any atom is 0.303 e. The number of esters is 4. The van der Waals surface area contributed by atoms with Crippen LogP contribution in [0.5, 0.6) is 0 Å². The van der Waals surface area contributed by atoms with E-state index in [1.807, 2.05) is 42.5 Å². The predicted molar refractivity (Wildman–Crippen MR) is 167 cm³/mol. The van der Waals surface area contributed by atoms with Crippen molar-refractivity contribution in [3.05, 3.63) is 63.9 Å². The van der Waals surface area contributed by atoms with Crippen LogP contribution in [0.2, 0.25) is 0 Å². The van der Waals surface area contributed by atoms with Gasteiger partial charge in [-0.3, -0.25) is 19.2 Å². The summed E-state index contributed by atoms with van der Waals surface area (Å²) >= 11 is 6.05. The van der Waals surface area contributed by atoms with Crippen molar-refractivity contribution in [3.63, 3.8) is 0 Å². The van der Waals surface area contributed by atoms with Gasteiger partial charge in [0.15, 0.2) is 24.5 Å². The lowest BCUT2D eigenvalue weighted by atomic mass is 9.84. The highest BCUT2D eigenvalue weighted by atomic mass is 32.1. The molecule has 12 heteroatoms. The fourth-order valence-corrected chi connectivity index (χ4v) is 6.81. The molecule has 1 aliphatic heterocycles. The van der Waals surface area contributed by atoms with Gasteiger partial charge in [-0.05, 0) is 47.6 Å². The minimum Gasteiger partial charge on any atom is -0.463 e. The third kappa shape index (κ3) is 6.52. The molecule has 3 aromatic rings. The highest BCUT2D eigenvalue weighted by molar-refractivity contribution is 7.71. The number of nitriles is 1. The van der Waals surface area contributed by atoms with Crippen molar-refractivity contribution in [1.29, 1.82) is 5.26 Å². The fraction of sp³-hybridized carbons (Fsp3) is 0.412. The zero-order chi connectivity index (χ0) is 33.1. The van der Waals surface area contributed by atoms with Gasteiger partial charge < -0.3 is 28.3 Å². The maximum absolute atomic E-state index is 12.5. The fourth-order valence-electron chi connectivity index (χ4n) is 6.45. The molecule has 1 aromatic heterocycles. The van der Waals surface area contributed by atoms with Crippen molar-refractivity contribution >= 4 is 46.9 Å². The lowest BCUT2D eigenvalue weighted by Crippen LogP contribution is -2.61. The molecule has 0 saturated carbocycles. The van der Waals surface area contributed by atoms with Crippen molar-refractivity contribution in [2.75, 3.05) is 6.61 Å². The first-order valence-corrected chi connectivity index (χ1v) is 15.4. The molecule has 0 N–H and O–H groups in total. The van der Waals surface area contributed by atoms with E-state index in [1.165, 1.54) is 27.7 Å². The molecule has 240 valence electrons. The number of nitrogens with zero attached hydrogens (tertiary/aromatic N) is 2. The normalized spacial score (nSPS) is 22.2. The number of hydrogen-bond acceptors (Lipinski definition) is 11. The standard InChI is InChI=1S/C34H34N2O9S/c1-18(37)41-17-28-30(42-19(2)38)31(43-20(3)39)32(44-21(4)40)33(45-28)36-27-15-8-7-13-25(27)29(26(16-35)34(36)46)24-14-9-11-22-10-5-6-12-23(22)24/h5-6,9-12,14,28,30-33H,7-8,13,15,17H2,1-4H3/t28-,30+,31+,32+,33-/m1/s1. The number of hydrogen-bond donors (Lipinski definition) is 0. The minimum absolute atomic E-state index is 0.131. The Balaban J connectivity index is 1.78. The molecule has 0 spiro atoms. The Labute approximate surface area is 270 Å². The number of aromatic nitrogens is 1. The molecule has 2 aliphatic rings. The number of rotatable bonds is 7. The Morgan fingerprint density at radius 2 is 1.50 bits per heavy atom.